The van der Waals surface area contributed by atoms with E-state index in [1.807, 2.05) is 0 Å². The Morgan fingerprint density at radius 3 is 2.23 bits per heavy atom. The SMILES string of the molecule is CC(C)(C)S(=O)(=O)N1CC[C@H](N)C1. The summed E-state index contributed by atoms with van der Waals surface area (Å²) in [7, 11) is -3.16. The Morgan fingerprint density at radius 1 is 1.38 bits per heavy atom. The third-order valence-corrected chi connectivity index (χ3v) is 4.86. The molecule has 1 rings (SSSR count). The molecule has 0 bridgehead atoms. The summed E-state index contributed by atoms with van der Waals surface area (Å²) < 4.78 is 24.5. The maximum absolute atomic E-state index is 11.9. The van der Waals surface area contributed by atoms with E-state index < -0.39 is 14.8 Å². The van der Waals surface area contributed by atoms with Gasteiger partial charge in [0.1, 0.15) is 0 Å². The average molecular weight is 206 g/mol. The summed E-state index contributed by atoms with van der Waals surface area (Å²) in [6.45, 7) is 6.19. The van der Waals surface area contributed by atoms with E-state index in [1.54, 1.807) is 20.8 Å². The number of hydrogen-bond donors (Lipinski definition) is 1. The van der Waals surface area contributed by atoms with E-state index in [2.05, 4.69) is 0 Å². The maximum atomic E-state index is 11.9. The van der Waals surface area contributed by atoms with Crippen LogP contribution in [0.4, 0.5) is 0 Å². The van der Waals surface area contributed by atoms with Crippen LogP contribution in [-0.2, 0) is 10.0 Å². The molecule has 0 aromatic rings. The molecule has 0 aliphatic carbocycles. The van der Waals surface area contributed by atoms with E-state index in [0.29, 0.717) is 13.1 Å². The van der Waals surface area contributed by atoms with Crippen LogP contribution >= 0.6 is 0 Å². The van der Waals surface area contributed by atoms with Gasteiger partial charge in [0.15, 0.2) is 0 Å². The fourth-order valence-electron chi connectivity index (χ4n) is 1.36. The molecule has 0 radical (unpaired) electrons. The van der Waals surface area contributed by atoms with E-state index in [0.717, 1.165) is 6.42 Å². The molecule has 78 valence electrons. The van der Waals surface area contributed by atoms with Crippen LogP contribution in [0.3, 0.4) is 0 Å². The zero-order valence-corrected chi connectivity index (χ0v) is 9.26. The Bertz CT molecular complexity index is 279. The minimum absolute atomic E-state index is 0.0112. The van der Waals surface area contributed by atoms with Crippen LogP contribution in [-0.4, -0.2) is 36.6 Å². The van der Waals surface area contributed by atoms with Gasteiger partial charge in [-0.15, -0.1) is 0 Å². The van der Waals surface area contributed by atoms with Crippen LogP contribution in [0.15, 0.2) is 0 Å². The van der Waals surface area contributed by atoms with E-state index >= 15 is 0 Å². The van der Waals surface area contributed by atoms with Crippen molar-refractivity contribution < 1.29 is 8.42 Å². The molecular formula is C8H18N2O2S. The van der Waals surface area contributed by atoms with Gasteiger partial charge >= 0.3 is 0 Å². The van der Waals surface area contributed by atoms with Crippen molar-refractivity contribution in [3.05, 3.63) is 0 Å². The van der Waals surface area contributed by atoms with Crippen molar-refractivity contribution in [3.8, 4) is 0 Å². The molecule has 1 heterocycles. The maximum Gasteiger partial charge on any atom is 0.219 e. The number of rotatable bonds is 1. The summed E-state index contributed by atoms with van der Waals surface area (Å²) in [6, 6.07) is 0.0112. The summed E-state index contributed by atoms with van der Waals surface area (Å²) in [5.41, 5.74) is 5.66. The van der Waals surface area contributed by atoms with Gasteiger partial charge in [-0.25, -0.2) is 8.42 Å². The van der Waals surface area contributed by atoms with Crippen LogP contribution < -0.4 is 5.73 Å². The van der Waals surface area contributed by atoms with Gasteiger partial charge in [0.05, 0.1) is 4.75 Å². The van der Waals surface area contributed by atoms with E-state index in [9.17, 15) is 8.42 Å². The van der Waals surface area contributed by atoms with Crippen molar-refractivity contribution in [3.63, 3.8) is 0 Å². The van der Waals surface area contributed by atoms with Gasteiger partial charge < -0.3 is 5.73 Å². The Balaban J connectivity index is 2.84. The number of nitrogens with zero attached hydrogens (tertiary/aromatic N) is 1. The molecule has 0 saturated carbocycles. The number of sulfonamides is 1. The predicted molar refractivity (Wildman–Crippen MR) is 52.8 cm³/mol. The van der Waals surface area contributed by atoms with Gasteiger partial charge in [0.25, 0.3) is 0 Å². The lowest BCUT2D eigenvalue weighted by molar-refractivity contribution is 0.447. The van der Waals surface area contributed by atoms with Crippen LogP contribution in [0.2, 0.25) is 0 Å². The quantitative estimate of drug-likeness (QED) is 0.664. The number of nitrogens with two attached hydrogens (primary N) is 1. The van der Waals surface area contributed by atoms with Crippen molar-refractivity contribution >= 4 is 10.0 Å². The van der Waals surface area contributed by atoms with Crippen molar-refractivity contribution in [2.75, 3.05) is 13.1 Å². The second-order valence-corrected chi connectivity index (χ2v) is 7.22. The molecule has 0 aromatic heterocycles. The first-order valence-electron chi connectivity index (χ1n) is 4.50. The van der Waals surface area contributed by atoms with Crippen molar-refractivity contribution in [2.24, 2.45) is 5.73 Å². The summed E-state index contributed by atoms with van der Waals surface area (Å²) in [4.78, 5) is 0. The molecular weight excluding hydrogens is 188 g/mol. The predicted octanol–water partition coefficient (Wildman–Crippen LogP) is 0.148. The fourth-order valence-corrected chi connectivity index (χ4v) is 2.87. The largest absolute Gasteiger partial charge is 0.326 e. The van der Waals surface area contributed by atoms with Crippen LogP contribution in [0, 0.1) is 0 Å². The molecule has 0 aromatic carbocycles. The first-order valence-corrected chi connectivity index (χ1v) is 5.94. The first kappa shape index (κ1) is 10.9. The third kappa shape index (κ3) is 2.03. The second kappa shape index (κ2) is 3.22. The highest BCUT2D eigenvalue weighted by Gasteiger charge is 2.38. The van der Waals surface area contributed by atoms with Gasteiger partial charge in [-0.05, 0) is 27.2 Å². The highest BCUT2D eigenvalue weighted by Crippen LogP contribution is 2.23. The van der Waals surface area contributed by atoms with Gasteiger partial charge in [-0.3, -0.25) is 0 Å². The zero-order valence-electron chi connectivity index (χ0n) is 8.45. The lowest BCUT2D eigenvalue weighted by Crippen LogP contribution is -2.42. The van der Waals surface area contributed by atoms with Crippen molar-refractivity contribution in [1.29, 1.82) is 0 Å². The molecule has 4 nitrogen and oxygen atoms in total. The number of hydrogen-bond acceptors (Lipinski definition) is 3. The van der Waals surface area contributed by atoms with Crippen LogP contribution in [0.1, 0.15) is 27.2 Å². The Kier molecular flexibility index (Phi) is 2.71. The molecule has 13 heavy (non-hydrogen) atoms. The molecule has 1 saturated heterocycles. The van der Waals surface area contributed by atoms with E-state index in [1.165, 1.54) is 4.31 Å². The van der Waals surface area contributed by atoms with E-state index in [-0.39, 0.29) is 6.04 Å². The molecule has 1 fully saturated rings. The monoisotopic (exact) mass is 206 g/mol. The molecule has 1 aliphatic heterocycles. The van der Waals surface area contributed by atoms with Crippen LogP contribution in [0.25, 0.3) is 0 Å². The lowest BCUT2D eigenvalue weighted by atomic mass is 10.3. The summed E-state index contributed by atoms with van der Waals surface area (Å²) in [6.07, 6.45) is 0.773. The standard InChI is InChI=1S/C8H18N2O2S/c1-8(2,3)13(11,12)10-5-4-7(9)6-10/h7H,4-6,9H2,1-3H3/t7-/m0/s1. The zero-order chi connectivity index (χ0) is 10.3. The van der Waals surface area contributed by atoms with Gasteiger partial charge in [0.2, 0.25) is 10.0 Å². The fraction of sp³-hybridized carbons (Fsp3) is 1.00. The highest BCUT2D eigenvalue weighted by molar-refractivity contribution is 7.90. The molecule has 0 amide bonds. The van der Waals surface area contributed by atoms with E-state index in [4.69, 9.17) is 5.73 Å². The Morgan fingerprint density at radius 2 is 1.92 bits per heavy atom. The summed E-state index contributed by atoms with van der Waals surface area (Å²) in [5, 5.41) is 0. The smallest absolute Gasteiger partial charge is 0.219 e. The average Bonchev–Trinajstić information content (AvgIpc) is 2.33. The molecule has 1 aliphatic rings. The molecule has 1 atom stereocenters. The summed E-state index contributed by atoms with van der Waals surface area (Å²) in [5.74, 6) is 0. The summed E-state index contributed by atoms with van der Waals surface area (Å²) >= 11 is 0. The van der Waals surface area contributed by atoms with Gasteiger partial charge in [-0.1, -0.05) is 0 Å². The van der Waals surface area contributed by atoms with Gasteiger partial charge in [-0.2, -0.15) is 4.31 Å². The normalized spacial score (nSPS) is 26.6. The minimum atomic E-state index is -3.16. The second-order valence-electron chi connectivity index (χ2n) is 4.52. The minimum Gasteiger partial charge on any atom is -0.326 e. The van der Waals surface area contributed by atoms with Gasteiger partial charge in [0, 0.05) is 19.1 Å². The highest BCUT2D eigenvalue weighted by atomic mass is 32.2. The van der Waals surface area contributed by atoms with Crippen molar-refractivity contribution in [2.45, 2.75) is 38.0 Å². The topological polar surface area (TPSA) is 63.4 Å². The molecule has 5 heteroatoms. The van der Waals surface area contributed by atoms with Crippen LogP contribution in [0.5, 0.6) is 0 Å². The molecule has 2 N–H and O–H groups in total. The lowest BCUT2D eigenvalue weighted by Gasteiger charge is -2.26. The Hall–Kier alpha value is -0.130. The molecule has 0 spiro atoms. The van der Waals surface area contributed by atoms with Crippen molar-refractivity contribution in [1.82, 2.24) is 4.31 Å². The third-order valence-electron chi connectivity index (χ3n) is 2.30. The molecule has 0 unspecified atom stereocenters. The Labute approximate surface area is 80.1 Å². The first-order chi connectivity index (χ1) is 5.75.